The highest BCUT2D eigenvalue weighted by molar-refractivity contribution is 7.10. The topological polar surface area (TPSA) is 32.3 Å². The van der Waals surface area contributed by atoms with Crippen LogP contribution >= 0.6 is 11.3 Å². The molecule has 2 aliphatic heterocycles. The van der Waals surface area contributed by atoms with Gasteiger partial charge in [0, 0.05) is 17.0 Å². The molecule has 3 rings (SSSR count). The molecule has 0 aliphatic carbocycles. The molecular formula is C12H17NOS. The van der Waals surface area contributed by atoms with Gasteiger partial charge in [0.1, 0.15) is 5.60 Å². The quantitative estimate of drug-likeness (QED) is 0.764. The van der Waals surface area contributed by atoms with Crippen molar-refractivity contribution in [3.05, 3.63) is 21.9 Å². The Bertz CT molecular complexity index is 361. The lowest BCUT2D eigenvalue weighted by atomic mass is 9.85. The van der Waals surface area contributed by atoms with E-state index in [2.05, 4.69) is 23.7 Å². The van der Waals surface area contributed by atoms with Crippen LogP contribution in [0.1, 0.15) is 36.1 Å². The average molecular weight is 223 g/mol. The summed E-state index contributed by atoms with van der Waals surface area (Å²) >= 11 is 1.71. The van der Waals surface area contributed by atoms with Crippen molar-refractivity contribution in [2.24, 2.45) is 0 Å². The molecule has 0 amide bonds. The van der Waals surface area contributed by atoms with Crippen molar-refractivity contribution >= 4 is 11.3 Å². The SMILES string of the molecule is Cc1ccsc1C1(O)CC2CCC(C1)N2. The van der Waals surface area contributed by atoms with Crippen LogP contribution in [0.5, 0.6) is 0 Å². The van der Waals surface area contributed by atoms with Crippen LogP contribution in [0.15, 0.2) is 11.4 Å². The molecule has 2 bridgehead atoms. The van der Waals surface area contributed by atoms with Crippen LogP contribution in [-0.2, 0) is 5.60 Å². The second-order valence-electron chi connectivity index (χ2n) is 5.01. The molecule has 0 aromatic carbocycles. The summed E-state index contributed by atoms with van der Waals surface area (Å²) in [5.74, 6) is 0. The van der Waals surface area contributed by atoms with Gasteiger partial charge in [-0.25, -0.2) is 0 Å². The van der Waals surface area contributed by atoms with Crippen molar-refractivity contribution in [1.29, 1.82) is 0 Å². The van der Waals surface area contributed by atoms with E-state index in [4.69, 9.17) is 0 Å². The molecule has 3 heteroatoms. The Kier molecular flexibility index (Phi) is 2.16. The van der Waals surface area contributed by atoms with Gasteiger partial charge >= 0.3 is 0 Å². The molecule has 2 N–H and O–H groups in total. The molecule has 15 heavy (non-hydrogen) atoms. The van der Waals surface area contributed by atoms with E-state index in [1.807, 2.05) is 0 Å². The van der Waals surface area contributed by atoms with Gasteiger partial charge in [-0.3, -0.25) is 0 Å². The maximum atomic E-state index is 10.8. The van der Waals surface area contributed by atoms with E-state index in [-0.39, 0.29) is 0 Å². The summed E-state index contributed by atoms with van der Waals surface area (Å²) in [6, 6.07) is 3.19. The molecule has 0 spiro atoms. The van der Waals surface area contributed by atoms with Gasteiger partial charge in [0.05, 0.1) is 0 Å². The predicted molar refractivity (Wildman–Crippen MR) is 62.1 cm³/mol. The summed E-state index contributed by atoms with van der Waals surface area (Å²) in [4.78, 5) is 1.20. The molecule has 3 heterocycles. The van der Waals surface area contributed by atoms with E-state index in [1.165, 1.54) is 23.3 Å². The lowest BCUT2D eigenvalue weighted by Crippen LogP contribution is -2.46. The minimum Gasteiger partial charge on any atom is -0.384 e. The van der Waals surface area contributed by atoms with Gasteiger partial charge in [-0.05, 0) is 49.6 Å². The fraction of sp³-hybridized carbons (Fsp3) is 0.667. The molecule has 2 saturated heterocycles. The largest absolute Gasteiger partial charge is 0.384 e. The van der Waals surface area contributed by atoms with Crippen molar-refractivity contribution in [1.82, 2.24) is 5.32 Å². The van der Waals surface area contributed by atoms with Crippen LogP contribution < -0.4 is 5.32 Å². The Balaban J connectivity index is 1.94. The number of aryl methyl sites for hydroxylation is 1. The van der Waals surface area contributed by atoms with Crippen molar-refractivity contribution in [2.45, 2.75) is 50.3 Å². The van der Waals surface area contributed by atoms with Crippen LogP contribution in [0, 0.1) is 6.92 Å². The number of piperidine rings is 1. The fourth-order valence-corrected chi connectivity index (χ4v) is 4.21. The van der Waals surface area contributed by atoms with Gasteiger partial charge in [-0.1, -0.05) is 0 Å². The van der Waals surface area contributed by atoms with E-state index in [9.17, 15) is 5.11 Å². The minimum atomic E-state index is -0.546. The molecule has 1 aromatic heterocycles. The summed E-state index contributed by atoms with van der Waals surface area (Å²) in [5.41, 5.74) is 0.707. The van der Waals surface area contributed by atoms with Crippen molar-refractivity contribution in [2.75, 3.05) is 0 Å². The number of rotatable bonds is 1. The Labute approximate surface area is 94.3 Å². The smallest absolute Gasteiger partial charge is 0.102 e. The first-order valence-corrected chi connectivity index (χ1v) is 6.58. The molecule has 2 atom stereocenters. The molecule has 2 aliphatic rings. The van der Waals surface area contributed by atoms with E-state index >= 15 is 0 Å². The summed E-state index contributed by atoms with van der Waals surface area (Å²) in [7, 11) is 0. The zero-order valence-corrected chi connectivity index (χ0v) is 9.81. The lowest BCUT2D eigenvalue weighted by Gasteiger charge is -2.37. The second-order valence-corrected chi connectivity index (χ2v) is 5.93. The first-order valence-electron chi connectivity index (χ1n) is 5.70. The number of hydrogen-bond donors (Lipinski definition) is 2. The normalized spacial score (nSPS) is 39.6. The van der Waals surface area contributed by atoms with Crippen molar-refractivity contribution < 1.29 is 5.11 Å². The van der Waals surface area contributed by atoms with Crippen LogP contribution in [0.3, 0.4) is 0 Å². The summed E-state index contributed by atoms with van der Waals surface area (Å²) in [6.45, 7) is 2.10. The van der Waals surface area contributed by atoms with Crippen molar-refractivity contribution in [3.63, 3.8) is 0 Å². The average Bonchev–Trinajstić information content (AvgIpc) is 2.73. The van der Waals surface area contributed by atoms with Crippen LogP contribution in [0.2, 0.25) is 0 Å². The zero-order valence-electron chi connectivity index (χ0n) is 8.99. The third-order valence-corrected chi connectivity index (χ3v) is 5.00. The monoisotopic (exact) mass is 223 g/mol. The highest BCUT2D eigenvalue weighted by atomic mass is 32.1. The third-order valence-electron chi connectivity index (χ3n) is 3.79. The molecule has 0 saturated carbocycles. The highest BCUT2D eigenvalue weighted by Crippen LogP contribution is 2.43. The van der Waals surface area contributed by atoms with Gasteiger partial charge < -0.3 is 10.4 Å². The highest BCUT2D eigenvalue weighted by Gasteiger charge is 2.44. The van der Waals surface area contributed by atoms with Gasteiger partial charge in [0.2, 0.25) is 0 Å². The van der Waals surface area contributed by atoms with Gasteiger partial charge in [-0.2, -0.15) is 0 Å². The molecule has 82 valence electrons. The summed E-state index contributed by atoms with van der Waals surface area (Å²) in [5, 5.41) is 16.4. The van der Waals surface area contributed by atoms with E-state index in [0.29, 0.717) is 12.1 Å². The zero-order chi connectivity index (χ0) is 10.5. The molecule has 2 fully saturated rings. The van der Waals surface area contributed by atoms with Gasteiger partial charge in [0.25, 0.3) is 0 Å². The number of hydrogen-bond acceptors (Lipinski definition) is 3. The number of nitrogens with one attached hydrogen (secondary N) is 1. The standard InChI is InChI=1S/C12H17NOS/c1-8-4-5-15-11(8)12(14)6-9-2-3-10(7-12)13-9/h4-5,9-10,13-14H,2-3,6-7H2,1H3. The number of thiophene rings is 1. The predicted octanol–water partition coefficient (Wildman–Crippen LogP) is 2.16. The molecule has 2 nitrogen and oxygen atoms in total. The van der Waals surface area contributed by atoms with Crippen LogP contribution in [0.25, 0.3) is 0 Å². The fourth-order valence-electron chi connectivity index (χ4n) is 3.16. The lowest BCUT2D eigenvalue weighted by molar-refractivity contribution is -0.00857. The summed E-state index contributed by atoms with van der Waals surface area (Å²) in [6.07, 6.45) is 4.25. The number of fused-ring (bicyclic) bond motifs is 2. The Hall–Kier alpha value is -0.380. The minimum absolute atomic E-state index is 0.537. The Morgan fingerprint density at radius 1 is 1.40 bits per heavy atom. The first-order chi connectivity index (χ1) is 7.17. The summed E-state index contributed by atoms with van der Waals surface area (Å²) < 4.78 is 0. The molecule has 1 aromatic rings. The van der Waals surface area contributed by atoms with Gasteiger partial charge in [-0.15, -0.1) is 11.3 Å². The molecule has 2 unspecified atom stereocenters. The number of aliphatic hydroxyl groups is 1. The maximum Gasteiger partial charge on any atom is 0.102 e. The van der Waals surface area contributed by atoms with Crippen LogP contribution in [-0.4, -0.2) is 17.2 Å². The van der Waals surface area contributed by atoms with E-state index in [1.54, 1.807) is 11.3 Å². The van der Waals surface area contributed by atoms with E-state index < -0.39 is 5.60 Å². The molecular weight excluding hydrogens is 206 g/mol. The Morgan fingerprint density at radius 2 is 2.07 bits per heavy atom. The van der Waals surface area contributed by atoms with E-state index in [0.717, 1.165) is 12.8 Å². The first kappa shape index (κ1) is 9.82. The van der Waals surface area contributed by atoms with Gasteiger partial charge in [0.15, 0.2) is 0 Å². The maximum absolute atomic E-state index is 10.8. The third kappa shape index (κ3) is 1.53. The second kappa shape index (κ2) is 3.30. The Morgan fingerprint density at radius 3 is 2.60 bits per heavy atom. The van der Waals surface area contributed by atoms with Crippen LogP contribution in [0.4, 0.5) is 0 Å². The van der Waals surface area contributed by atoms with Crippen molar-refractivity contribution in [3.8, 4) is 0 Å². The molecule has 0 radical (unpaired) electrons.